The molecule has 0 saturated heterocycles. The van der Waals surface area contributed by atoms with E-state index in [1.807, 2.05) is 13.8 Å². The summed E-state index contributed by atoms with van der Waals surface area (Å²) in [5.74, 6) is -0.641. The van der Waals surface area contributed by atoms with Gasteiger partial charge in [0.15, 0.2) is 0 Å². The maximum Gasteiger partial charge on any atom is 0.320 e. The van der Waals surface area contributed by atoms with E-state index in [4.69, 9.17) is 5.11 Å². The molecule has 1 aromatic rings. The molecule has 0 bridgehead atoms. The second-order valence-corrected chi connectivity index (χ2v) is 4.83. The van der Waals surface area contributed by atoms with Gasteiger partial charge in [0.1, 0.15) is 6.04 Å². The third-order valence-corrected chi connectivity index (χ3v) is 2.68. The highest BCUT2D eigenvalue weighted by Gasteiger charge is 2.18. The summed E-state index contributed by atoms with van der Waals surface area (Å²) in [6.07, 6.45) is 0.518. The standard InChI is InChI=1S/C13H18N2O4/c1-9(2)6-12(13(16)17)14-8-10-4-3-5-11(7-10)15(18)19/h3-5,7,9,12,14H,6,8H2,1-2H3,(H,16,17)/t12-/m0/s1. The van der Waals surface area contributed by atoms with E-state index in [0.717, 1.165) is 0 Å². The third-order valence-electron chi connectivity index (χ3n) is 2.68. The summed E-state index contributed by atoms with van der Waals surface area (Å²) in [6.45, 7) is 4.20. The Bertz CT molecular complexity index is 460. The van der Waals surface area contributed by atoms with E-state index in [1.165, 1.54) is 12.1 Å². The molecular weight excluding hydrogens is 248 g/mol. The van der Waals surface area contributed by atoms with Crippen LogP contribution < -0.4 is 5.32 Å². The maximum atomic E-state index is 11.1. The summed E-state index contributed by atoms with van der Waals surface area (Å²) in [4.78, 5) is 21.2. The molecule has 1 atom stereocenters. The number of nitrogens with zero attached hydrogens (tertiary/aromatic N) is 1. The highest BCUT2D eigenvalue weighted by molar-refractivity contribution is 5.73. The van der Waals surface area contributed by atoms with Gasteiger partial charge < -0.3 is 10.4 Å². The number of carboxylic acids is 1. The summed E-state index contributed by atoms with van der Waals surface area (Å²) in [5, 5.41) is 22.6. The largest absolute Gasteiger partial charge is 0.480 e. The van der Waals surface area contributed by atoms with Crippen LogP contribution in [0, 0.1) is 16.0 Å². The number of nitro groups is 1. The van der Waals surface area contributed by atoms with Crippen molar-refractivity contribution in [3.8, 4) is 0 Å². The highest BCUT2D eigenvalue weighted by atomic mass is 16.6. The Morgan fingerprint density at radius 3 is 2.68 bits per heavy atom. The quantitative estimate of drug-likeness (QED) is 0.583. The lowest BCUT2D eigenvalue weighted by Crippen LogP contribution is -2.37. The third kappa shape index (κ3) is 5.05. The van der Waals surface area contributed by atoms with Crippen LogP contribution in [0.4, 0.5) is 5.69 Å². The van der Waals surface area contributed by atoms with Crippen molar-refractivity contribution in [3.05, 3.63) is 39.9 Å². The first kappa shape index (κ1) is 15.1. The predicted molar refractivity (Wildman–Crippen MR) is 70.8 cm³/mol. The van der Waals surface area contributed by atoms with E-state index in [-0.39, 0.29) is 11.6 Å². The van der Waals surface area contributed by atoms with E-state index in [9.17, 15) is 14.9 Å². The summed E-state index contributed by atoms with van der Waals surface area (Å²) >= 11 is 0. The number of hydrogen-bond donors (Lipinski definition) is 2. The number of non-ortho nitro benzene ring substituents is 1. The van der Waals surface area contributed by atoms with E-state index in [1.54, 1.807) is 12.1 Å². The lowest BCUT2D eigenvalue weighted by molar-refractivity contribution is -0.384. The zero-order chi connectivity index (χ0) is 14.4. The van der Waals surface area contributed by atoms with Crippen molar-refractivity contribution in [2.75, 3.05) is 0 Å². The van der Waals surface area contributed by atoms with Crippen LogP contribution in [0.25, 0.3) is 0 Å². The summed E-state index contributed by atoms with van der Waals surface area (Å²) < 4.78 is 0. The fourth-order valence-electron chi connectivity index (χ4n) is 1.76. The smallest absolute Gasteiger partial charge is 0.320 e. The molecule has 0 spiro atoms. The molecule has 0 aliphatic carbocycles. The Balaban J connectivity index is 2.66. The van der Waals surface area contributed by atoms with Gasteiger partial charge in [-0.15, -0.1) is 0 Å². The number of rotatable bonds is 7. The molecule has 0 aliphatic heterocycles. The number of nitrogens with one attached hydrogen (secondary N) is 1. The Hall–Kier alpha value is -1.95. The predicted octanol–water partition coefficient (Wildman–Crippen LogP) is 2.18. The minimum absolute atomic E-state index is 0.00929. The molecule has 0 fully saturated rings. The Kier molecular flexibility index (Phi) is 5.44. The average molecular weight is 266 g/mol. The van der Waals surface area contributed by atoms with Crippen LogP contribution in [0.2, 0.25) is 0 Å². The normalized spacial score (nSPS) is 12.4. The fourth-order valence-corrected chi connectivity index (χ4v) is 1.76. The van der Waals surface area contributed by atoms with Crippen LogP contribution in [0.5, 0.6) is 0 Å². The molecule has 0 amide bonds. The molecule has 6 heteroatoms. The fraction of sp³-hybridized carbons (Fsp3) is 0.462. The van der Waals surface area contributed by atoms with Crippen LogP contribution in [0.3, 0.4) is 0 Å². The molecule has 1 aromatic carbocycles. The number of carboxylic acid groups (broad SMARTS) is 1. The molecular formula is C13H18N2O4. The van der Waals surface area contributed by atoms with Crippen LogP contribution >= 0.6 is 0 Å². The summed E-state index contributed by atoms with van der Waals surface area (Å²) in [6, 6.07) is 5.54. The minimum Gasteiger partial charge on any atom is -0.480 e. The molecule has 0 aliphatic rings. The van der Waals surface area contributed by atoms with Gasteiger partial charge in [-0.3, -0.25) is 14.9 Å². The average Bonchev–Trinajstić information content (AvgIpc) is 2.34. The molecule has 104 valence electrons. The van der Waals surface area contributed by atoms with Crippen LogP contribution in [-0.2, 0) is 11.3 Å². The first-order valence-corrected chi connectivity index (χ1v) is 6.09. The molecule has 0 saturated carbocycles. The van der Waals surface area contributed by atoms with Crippen LogP contribution in [-0.4, -0.2) is 22.0 Å². The van der Waals surface area contributed by atoms with Crippen LogP contribution in [0.1, 0.15) is 25.8 Å². The van der Waals surface area contributed by atoms with Gasteiger partial charge in [0.2, 0.25) is 0 Å². The Morgan fingerprint density at radius 2 is 2.16 bits per heavy atom. The van der Waals surface area contributed by atoms with Gasteiger partial charge in [-0.25, -0.2) is 0 Å². The van der Waals surface area contributed by atoms with Gasteiger partial charge in [0.05, 0.1) is 4.92 Å². The van der Waals surface area contributed by atoms with Crippen molar-refractivity contribution >= 4 is 11.7 Å². The van der Waals surface area contributed by atoms with E-state index >= 15 is 0 Å². The van der Waals surface area contributed by atoms with Crippen LogP contribution in [0.15, 0.2) is 24.3 Å². The zero-order valence-electron chi connectivity index (χ0n) is 11.0. The summed E-state index contributed by atoms with van der Waals surface area (Å²) in [7, 11) is 0. The topological polar surface area (TPSA) is 92.5 Å². The first-order chi connectivity index (χ1) is 8.90. The lowest BCUT2D eigenvalue weighted by atomic mass is 10.0. The van der Waals surface area contributed by atoms with E-state index in [2.05, 4.69) is 5.32 Å². The molecule has 1 rings (SSSR count). The molecule has 19 heavy (non-hydrogen) atoms. The van der Waals surface area contributed by atoms with Crippen molar-refractivity contribution < 1.29 is 14.8 Å². The number of hydrogen-bond acceptors (Lipinski definition) is 4. The molecule has 6 nitrogen and oxygen atoms in total. The second kappa shape index (κ2) is 6.84. The Labute approximate surface area is 111 Å². The van der Waals surface area contributed by atoms with E-state index < -0.39 is 16.9 Å². The molecule has 0 heterocycles. The van der Waals surface area contributed by atoms with E-state index in [0.29, 0.717) is 18.5 Å². The molecule has 0 aromatic heterocycles. The molecule has 0 unspecified atom stereocenters. The van der Waals surface area contributed by atoms with Gasteiger partial charge in [0.25, 0.3) is 5.69 Å². The monoisotopic (exact) mass is 266 g/mol. The van der Waals surface area contributed by atoms with Gasteiger partial charge in [0, 0.05) is 18.7 Å². The van der Waals surface area contributed by atoms with Gasteiger partial charge in [-0.2, -0.15) is 0 Å². The SMILES string of the molecule is CC(C)C[C@H](NCc1cccc([N+](=O)[O-])c1)C(=O)O. The number of nitro benzene ring substituents is 1. The van der Waals surface area contributed by atoms with Crippen molar-refractivity contribution in [3.63, 3.8) is 0 Å². The van der Waals surface area contributed by atoms with Gasteiger partial charge in [-0.1, -0.05) is 26.0 Å². The number of carbonyl (C=O) groups is 1. The second-order valence-electron chi connectivity index (χ2n) is 4.83. The van der Waals surface area contributed by atoms with Crippen molar-refractivity contribution in [2.45, 2.75) is 32.9 Å². The molecule has 2 N–H and O–H groups in total. The highest BCUT2D eigenvalue weighted by Crippen LogP contribution is 2.13. The lowest BCUT2D eigenvalue weighted by Gasteiger charge is -2.16. The zero-order valence-corrected chi connectivity index (χ0v) is 11.0. The Morgan fingerprint density at radius 1 is 1.47 bits per heavy atom. The van der Waals surface area contributed by atoms with Crippen molar-refractivity contribution in [2.24, 2.45) is 5.92 Å². The number of benzene rings is 1. The van der Waals surface area contributed by atoms with Gasteiger partial charge >= 0.3 is 5.97 Å². The molecule has 0 radical (unpaired) electrons. The van der Waals surface area contributed by atoms with Crippen molar-refractivity contribution in [1.82, 2.24) is 5.32 Å². The minimum atomic E-state index is -0.904. The maximum absolute atomic E-state index is 11.1. The first-order valence-electron chi connectivity index (χ1n) is 6.09. The number of aliphatic carboxylic acids is 1. The van der Waals surface area contributed by atoms with Gasteiger partial charge in [-0.05, 0) is 17.9 Å². The van der Waals surface area contributed by atoms with Crippen molar-refractivity contribution in [1.29, 1.82) is 0 Å². The summed E-state index contributed by atoms with van der Waals surface area (Å²) in [5.41, 5.74) is 0.708.